The molecule has 0 amide bonds. The molecule has 2 aromatic carbocycles. The van der Waals surface area contributed by atoms with E-state index in [2.05, 4.69) is 24.4 Å². The zero-order valence-corrected chi connectivity index (χ0v) is 12.7. The van der Waals surface area contributed by atoms with Crippen molar-refractivity contribution in [1.29, 1.82) is 0 Å². The normalized spacial score (nSPS) is 11.3. The van der Waals surface area contributed by atoms with Gasteiger partial charge in [-0.25, -0.2) is 13.6 Å². The van der Waals surface area contributed by atoms with E-state index in [-0.39, 0.29) is 4.90 Å². The fourth-order valence-electron chi connectivity index (χ4n) is 2.12. The molecule has 0 saturated carbocycles. The molecule has 0 radical (unpaired) electrons. The van der Waals surface area contributed by atoms with E-state index in [0.717, 1.165) is 6.42 Å². The smallest absolute Gasteiger partial charge is 0.238 e. The van der Waals surface area contributed by atoms with E-state index in [4.69, 9.17) is 10.9 Å². The number of hydrogen-bond donors (Lipinski definition) is 3. The van der Waals surface area contributed by atoms with Crippen molar-refractivity contribution in [3.05, 3.63) is 53.6 Å². The van der Waals surface area contributed by atoms with E-state index in [9.17, 15) is 8.42 Å². The number of aryl methyl sites for hydroxylation is 1. The highest BCUT2D eigenvalue weighted by Crippen LogP contribution is 2.19. The molecule has 0 atom stereocenters. The largest absolute Gasteiger partial charge is 0.399 e. The van der Waals surface area contributed by atoms with Crippen molar-refractivity contribution in [3.8, 4) is 0 Å². The molecule has 0 bridgehead atoms. The molecular formula is C15H19N3O2S. The molecule has 0 spiro atoms. The van der Waals surface area contributed by atoms with Crippen LogP contribution in [0.15, 0.2) is 47.4 Å². The molecule has 0 aromatic heterocycles. The lowest BCUT2D eigenvalue weighted by atomic mass is 10.1. The van der Waals surface area contributed by atoms with Gasteiger partial charge < -0.3 is 11.1 Å². The van der Waals surface area contributed by atoms with Crippen LogP contribution in [0.3, 0.4) is 0 Å². The van der Waals surface area contributed by atoms with Crippen LogP contribution in [0.25, 0.3) is 0 Å². The Morgan fingerprint density at radius 1 is 1.14 bits per heavy atom. The van der Waals surface area contributed by atoms with E-state index in [0.29, 0.717) is 17.9 Å². The predicted octanol–water partition coefficient (Wildman–Crippen LogP) is 1.88. The number of hydrogen-bond acceptors (Lipinski definition) is 4. The van der Waals surface area contributed by atoms with Gasteiger partial charge in [-0.15, -0.1) is 0 Å². The van der Waals surface area contributed by atoms with Crippen molar-refractivity contribution in [2.45, 2.75) is 18.2 Å². The zero-order chi connectivity index (χ0) is 15.5. The monoisotopic (exact) mass is 305 g/mol. The van der Waals surface area contributed by atoms with Gasteiger partial charge in [0, 0.05) is 17.9 Å². The van der Waals surface area contributed by atoms with E-state index in [1.807, 2.05) is 12.1 Å². The molecule has 0 heterocycles. The van der Waals surface area contributed by atoms with Crippen LogP contribution in [-0.2, 0) is 16.4 Å². The molecule has 5 N–H and O–H groups in total. The number of sulfonamides is 1. The van der Waals surface area contributed by atoms with Crippen molar-refractivity contribution in [1.82, 2.24) is 0 Å². The second-order valence-electron chi connectivity index (χ2n) is 4.94. The first-order valence-electron chi connectivity index (χ1n) is 6.58. The van der Waals surface area contributed by atoms with Gasteiger partial charge in [-0.2, -0.15) is 0 Å². The summed E-state index contributed by atoms with van der Waals surface area (Å²) >= 11 is 0. The molecule has 21 heavy (non-hydrogen) atoms. The van der Waals surface area contributed by atoms with Crippen LogP contribution in [0, 0.1) is 6.92 Å². The number of rotatable bonds is 5. The Bertz CT molecular complexity index is 742. The number of nitrogens with two attached hydrogens (primary N) is 2. The Labute approximate surface area is 125 Å². The Balaban J connectivity index is 2.07. The molecule has 112 valence electrons. The highest BCUT2D eigenvalue weighted by Gasteiger charge is 2.09. The summed E-state index contributed by atoms with van der Waals surface area (Å²) < 4.78 is 22.7. The van der Waals surface area contributed by atoms with Crippen molar-refractivity contribution >= 4 is 21.4 Å². The van der Waals surface area contributed by atoms with Crippen molar-refractivity contribution in [2.24, 2.45) is 5.14 Å². The zero-order valence-electron chi connectivity index (χ0n) is 11.8. The van der Waals surface area contributed by atoms with Crippen molar-refractivity contribution < 1.29 is 8.42 Å². The summed E-state index contributed by atoms with van der Waals surface area (Å²) in [6.45, 7) is 2.74. The number of nitrogen functional groups attached to an aromatic ring is 1. The van der Waals surface area contributed by atoms with Crippen LogP contribution in [0.4, 0.5) is 11.4 Å². The van der Waals surface area contributed by atoms with E-state index in [1.54, 1.807) is 6.07 Å². The third-order valence-corrected chi connectivity index (χ3v) is 4.13. The minimum atomic E-state index is -3.75. The molecule has 0 unspecified atom stereocenters. The van der Waals surface area contributed by atoms with Crippen LogP contribution in [0.5, 0.6) is 0 Å². The lowest BCUT2D eigenvalue weighted by Crippen LogP contribution is -2.13. The van der Waals surface area contributed by atoms with Gasteiger partial charge >= 0.3 is 0 Å². The number of benzene rings is 2. The summed E-state index contributed by atoms with van der Waals surface area (Å²) in [6, 6.07) is 12.7. The molecule has 6 heteroatoms. The summed E-state index contributed by atoms with van der Waals surface area (Å²) in [5.41, 5.74) is 9.19. The van der Waals surface area contributed by atoms with E-state index in [1.165, 1.54) is 23.3 Å². The van der Waals surface area contributed by atoms with Gasteiger partial charge in [-0.05, 0) is 42.7 Å². The SMILES string of the molecule is Cc1ccccc1CCNc1cc(N)cc(S(N)(=O)=O)c1. The third-order valence-electron chi connectivity index (χ3n) is 3.24. The Morgan fingerprint density at radius 2 is 1.86 bits per heavy atom. The molecule has 5 nitrogen and oxygen atoms in total. The van der Waals surface area contributed by atoms with Gasteiger partial charge in [0.15, 0.2) is 0 Å². The summed E-state index contributed by atoms with van der Waals surface area (Å²) in [7, 11) is -3.75. The highest BCUT2D eigenvalue weighted by atomic mass is 32.2. The van der Waals surface area contributed by atoms with Crippen molar-refractivity contribution in [3.63, 3.8) is 0 Å². The van der Waals surface area contributed by atoms with E-state index < -0.39 is 10.0 Å². The van der Waals surface area contributed by atoms with Gasteiger partial charge in [0.2, 0.25) is 10.0 Å². The first-order chi connectivity index (χ1) is 9.86. The molecule has 2 aromatic rings. The lowest BCUT2D eigenvalue weighted by molar-refractivity contribution is 0.598. The van der Waals surface area contributed by atoms with Gasteiger partial charge in [0.1, 0.15) is 0 Å². The maximum atomic E-state index is 11.4. The quantitative estimate of drug-likeness (QED) is 0.734. The Hall–Kier alpha value is -2.05. The molecule has 0 fully saturated rings. The van der Waals surface area contributed by atoms with Crippen molar-refractivity contribution in [2.75, 3.05) is 17.6 Å². The average molecular weight is 305 g/mol. The van der Waals surface area contributed by atoms with Gasteiger partial charge in [0.05, 0.1) is 4.90 Å². The number of primary sulfonamides is 1. The molecule has 0 aliphatic heterocycles. The van der Waals surface area contributed by atoms with Gasteiger partial charge in [-0.1, -0.05) is 24.3 Å². The second kappa shape index (κ2) is 6.15. The molecule has 0 aliphatic carbocycles. The molecular weight excluding hydrogens is 286 g/mol. The lowest BCUT2D eigenvalue weighted by Gasteiger charge is -2.10. The average Bonchev–Trinajstić information content (AvgIpc) is 2.39. The maximum Gasteiger partial charge on any atom is 0.238 e. The maximum absolute atomic E-state index is 11.4. The Morgan fingerprint density at radius 3 is 2.52 bits per heavy atom. The van der Waals surface area contributed by atoms with Gasteiger partial charge in [-0.3, -0.25) is 0 Å². The predicted molar refractivity (Wildman–Crippen MR) is 85.6 cm³/mol. The van der Waals surface area contributed by atoms with Crippen LogP contribution in [0.1, 0.15) is 11.1 Å². The first kappa shape index (κ1) is 15.3. The third kappa shape index (κ3) is 4.21. The summed E-state index contributed by atoms with van der Waals surface area (Å²) in [6.07, 6.45) is 0.839. The highest BCUT2D eigenvalue weighted by molar-refractivity contribution is 7.89. The molecule has 2 rings (SSSR count). The minimum Gasteiger partial charge on any atom is -0.399 e. The summed E-state index contributed by atoms with van der Waals surface area (Å²) in [5.74, 6) is 0. The van der Waals surface area contributed by atoms with Crippen LogP contribution < -0.4 is 16.2 Å². The Kier molecular flexibility index (Phi) is 4.50. The van der Waals surface area contributed by atoms with Crippen LogP contribution in [0.2, 0.25) is 0 Å². The molecule has 0 saturated heterocycles. The fourth-order valence-corrected chi connectivity index (χ4v) is 2.71. The topological polar surface area (TPSA) is 98.2 Å². The van der Waals surface area contributed by atoms with Crippen LogP contribution in [-0.4, -0.2) is 15.0 Å². The van der Waals surface area contributed by atoms with Gasteiger partial charge in [0.25, 0.3) is 0 Å². The standard InChI is InChI=1S/C15H19N3O2S/c1-11-4-2-3-5-12(11)6-7-18-14-8-13(16)9-15(10-14)21(17,19)20/h2-5,8-10,18H,6-7,16H2,1H3,(H2,17,19,20). The number of anilines is 2. The molecule has 0 aliphatic rings. The fraction of sp³-hybridized carbons (Fsp3) is 0.200. The summed E-state index contributed by atoms with van der Waals surface area (Å²) in [4.78, 5) is 0.0147. The minimum absolute atomic E-state index is 0.0147. The second-order valence-corrected chi connectivity index (χ2v) is 6.50. The first-order valence-corrected chi connectivity index (χ1v) is 8.12. The summed E-state index contributed by atoms with van der Waals surface area (Å²) in [5, 5.41) is 8.30. The van der Waals surface area contributed by atoms with E-state index >= 15 is 0 Å². The number of nitrogens with one attached hydrogen (secondary N) is 1. The van der Waals surface area contributed by atoms with Crippen LogP contribution >= 0.6 is 0 Å².